The largest absolute Gasteiger partial charge is 0.490 e. The van der Waals surface area contributed by atoms with Crippen LogP contribution in [-0.2, 0) is 4.79 Å². The van der Waals surface area contributed by atoms with Crippen molar-refractivity contribution in [3.05, 3.63) is 47.5 Å². The number of carbonyl (C=O) groups excluding carboxylic acids is 1. The molecule has 1 aliphatic rings. The van der Waals surface area contributed by atoms with Crippen LogP contribution in [0.3, 0.4) is 0 Å². The summed E-state index contributed by atoms with van der Waals surface area (Å²) in [5.74, 6) is 1.76. The van der Waals surface area contributed by atoms with Crippen LogP contribution in [0, 0.1) is 13.8 Å². The number of fused-ring (bicyclic) bond motifs is 1. The molecule has 1 amide bonds. The van der Waals surface area contributed by atoms with Gasteiger partial charge in [0.05, 0.1) is 19.0 Å². The Hall–Kier alpha value is -2.14. The normalized spacial score (nSPS) is 13.2. The first kappa shape index (κ1) is 16.7. The number of amides is 1. The predicted molar refractivity (Wildman–Crippen MR) is 97.3 cm³/mol. The van der Waals surface area contributed by atoms with E-state index in [4.69, 9.17) is 9.47 Å². The third kappa shape index (κ3) is 4.23. The van der Waals surface area contributed by atoms with E-state index in [1.807, 2.05) is 24.3 Å². The molecular weight excluding hydrogens is 322 g/mol. The van der Waals surface area contributed by atoms with E-state index in [-0.39, 0.29) is 5.91 Å². The van der Waals surface area contributed by atoms with Gasteiger partial charge in [0, 0.05) is 23.1 Å². The molecule has 0 fully saturated rings. The second kappa shape index (κ2) is 7.62. The average Bonchev–Trinajstić information content (AvgIpc) is 2.81. The van der Waals surface area contributed by atoms with Gasteiger partial charge in [-0.1, -0.05) is 6.07 Å². The van der Waals surface area contributed by atoms with Crippen LogP contribution in [0.15, 0.2) is 41.3 Å². The highest BCUT2D eigenvalue weighted by Gasteiger charge is 2.12. The van der Waals surface area contributed by atoms with E-state index in [1.165, 1.54) is 22.9 Å². The topological polar surface area (TPSA) is 47.6 Å². The summed E-state index contributed by atoms with van der Waals surface area (Å²) in [6, 6.07) is 11.7. The zero-order chi connectivity index (χ0) is 16.9. The average molecular weight is 343 g/mol. The fraction of sp³-hybridized carbons (Fsp3) is 0.316. The van der Waals surface area contributed by atoms with Crippen LogP contribution in [0.4, 0.5) is 5.69 Å². The van der Waals surface area contributed by atoms with Crippen LogP contribution in [0.2, 0.25) is 0 Å². The predicted octanol–water partition coefficient (Wildman–Crippen LogP) is 4.20. The highest BCUT2D eigenvalue weighted by molar-refractivity contribution is 8.00. The van der Waals surface area contributed by atoms with Crippen molar-refractivity contribution in [2.45, 2.75) is 25.2 Å². The summed E-state index contributed by atoms with van der Waals surface area (Å²) in [7, 11) is 0. The van der Waals surface area contributed by atoms with Gasteiger partial charge < -0.3 is 14.8 Å². The minimum atomic E-state index is -0.0345. The molecule has 0 aliphatic carbocycles. The third-order valence-corrected chi connectivity index (χ3v) is 4.87. The molecule has 2 aromatic carbocycles. The number of rotatable bonds is 4. The lowest BCUT2D eigenvalue weighted by Gasteiger charge is -2.10. The number of nitrogens with one attached hydrogen (secondary N) is 1. The number of ether oxygens (including phenoxy) is 2. The quantitative estimate of drug-likeness (QED) is 0.846. The number of benzene rings is 2. The molecule has 0 saturated carbocycles. The first-order chi connectivity index (χ1) is 11.6. The second-order valence-electron chi connectivity index (χ2n) is 5.79. The van der Waals surface area contributed by atoms with E-state index >= 15 is 0 Å². The van der Waals surface area contributed by atoms with Gasteiger partial charge in [0.1, 0.15) is 0 Å². The van der Waals surface area contributed by atoms with Gasteiger partial charge in [0.15, 0.2) is 11.5 Å². The van der Waals surface area contributed by atoms with Crippen molar-refractivity contribution in [3.8, 4) is 11.5 Å². The number of aryl methyl sites for hydroxylation is 2. The number of hydrogen-bond donors (Lipinski definition) is 1. The van der Waals surface area contributed by atoms with E-state index in [0.717, 1.165) is 22.8 Å². The molecule has 24 heavy (non-hydrogen) atoms. The van der Waals surface area contributed by atoms with Crippen molar-refractivity contribution in [2.24, 2.45) is 0 Å². The molecule has 1 aliphatic heterocycles. The van der Waals surface area contributed by atoms with E-state index in [9.17, 15) is 4.79 Å². The van der Waals surface area contributed by atoms with Crippen LogP contribution in [0.25, 0.3) is 0 Å². The highest BCUT2D eigenvalue weighted by atomic mass is 32.2. The molecule has 0 spiro atoms. The Morgan fingerprint density at radius 1 is 1.04 bits per heavy atom. The number of anilines is 1. The van der Waals surface area contributed by atoms with E-state index in [0.29, 0.717) is 24.7 Å². The molecule has 5 heteroatoms. The van der Waals surface area contributed by atoms with E-state index in [1.54, 1.807) is 0 Å². The lowest BCUT2D eigenvalue weighted by molar-refractivity contribution is -0.113. The molecule has 1 N–H and O–H groups in total. The lowest BCUT2D eigenvalue weighted by Crippen LogP contribution is -2.14. The molecule has 0 bridgehead atoms. The Kier molecular flexibility index (Phi) is 5.30. The first-order valence-electron chi connectivity index (χ1n) is 8.01. The minimum absolute atomic E-state index is 0.0345. The van der Waals surface area contributed by atoms with Crippen molar-refractivity contribution in [2.75, 3.05) is 24.3 Å². The summed E-state index contributed by atoms with van der Waals surface area (Å²) in [6.07, 6.45) is 0.864. The molecule has 126 valence electrons. The highest BCUT2D eigenvalue weighted by Crippen LogP contribution is 2.32. The van der Waals surface area contributed by atoms with Gasteiger partial charge in [-0.25, -0.2) is 0 Å². The van der Waals surface area contributed by atoms with Crippen molar-refractivity contribution < 1.29 is 14.3 Å². The van der Waals surface area contributed by atoms with Crippen molar-refractivity contribution >= 4 is 23.4 Å². The molecule has 0 atom stereocenters. The lowest BCUT2D eigenvalue weighted by atomic mass is 10.1. The maximum absolute atomic E-state index is 12.2. The Balaban J connectivity index is 1.58. The Morgan fingerprint density at radius 3 is 2.62 bits per heavy atom. The third-order valence-electron chi connectivity index (χ3n) is 3.88. The van der Waals surface area contributed by atoms with Gasteiger partial charge in [-0.2, -0.15) is 0 Å². The van der Waals surface area contributed by atoms with Crippen LogP contribution in [0.1, 0.15) is 17.5 Å². The molecule has 4 nitrogen and oxygen atoms in total. The molecule has 0 aromatic heterocycles. The van der Waals surface area contributed by atoms with Gasteiger partial charge in [0.2, 0.25) is 5.91 Å². The summed E-state index contributed by atoms with van der Waals surface area (Å²) in [6.45, 7) is 5.45. The summed E-state index contributed by atoms with van der Waals surface area (Å²) in [4.78, 5) is 13.3. The zero-order valence-corrected chi connectivity index (χ0v) is 14.7. The standard InChI is InChI=1S/C19H21NO3S/c1-13-4-6-16(10-14(13)2)24-12-19(21)20-15-5-7-17-18(11-15)23-9-3-8-22-17/h4-7,10-11H,3,8-9,12H2,1-2H3,(H,20,21). The van der Waals surface area contributed by atoms with Crippen LogP contribution in [0.5, 0.6) is 11.5 Å². The molecule has 3 rings (SSSR count). The van der Waals surface area contributed by atoms with Gasteiger partial charge in [-0.3, -0.25) is 4.79 Å². The van der Waals surface area contributed by atoms with Crippen LogP contribution >= 0.6 is 11.8 Å². The smallest absolute Gasteiger partial charge is 0.234 e. The Labute approximate surface area is 146 Å². The van der Waals surface area contributed by atoms with E-state index in [2.05, 4.69) is 31.3 Å². The molecule has 1 heterocycles. The van der Waals surface area contributed by atoms with Crippen LogP contribution < -0.4 is 14.8 Å². The Morgan fingerprint density at radius 2 is 1.83 bits per heavy atom. The monoisotopic (exact) mass is 343 g/mol. The van der Waals surface area contributed by atoms with Gasteiger partial charge in [0.25, 0.3) is 0 Å². The fourth-order valence-corrected chi connectivity index (χ4v) is 3.18. The second-order valence-corrected chi connectivity index (χ2v) is 6.84. The maximum atomic E-state index is 12.2. The van der Waals surface area contributed by atoms with Crippen molar-refractivity contribution in [1.29, 1.82) is 0 Å². The van der Waals surface area contributed by atoms with Crippen molar-refractivity contribution in [1.82, 2.24) is 0 Å². The zero-order valence-electron chi connectivity index (χ0n) is 13.9. The summed E-state index contributed by atoms with van der Waals surface area (Å²) >= 11 is 1.53. The molecule has 0 saturated heterocycles. The number of thioether (sulfide) groups is 1. The maximum Gasteiger partial charge on any atom is 0.234 e. The molecule has 0 unspecified atom stereocenters. The fourth-order valence-electron chi connectivity index (χ4n) is 2.39. The summed E-state index contributed by atoms with van der Waals surface area (Å²) in [5.41, 5.74) is 3.23. The van der Waals surface area contributed by atoms with Crippen LogP contribution in [-0.4, -0.2) is 24.9 Å². The summed E-state index contributed by atoms with van der Waals surface area (Å²) in [5, 5.41) is 2.91. The SMILES string of the molecule is Cc1ccc(SCC(=O)Nc2ccc3c(c2)OCCCO3)cc1C. The molecular formula is C19H21NO3S. The molecule has 0 radical (unpaired) electrons. The van der Waals surface area contributed by atoms with E-state index < -0.39 is 0 Å². The van der Waals surface area contributed by atoms with Gasteiger partial charge in [-0.05, 0) is 49.2 Å². The Bertz CT molecular complexity index is 745. The number of carbonyl (C=O) groups is 1. The molecule has 2 aromatic rings. The van der Waals surface area contributed by atoms with Gasteiger partial charge >= 0.3 is 0 Å². The number of hydrogen-bond acceptors (Lipinski definition) is 4. The minimum Gasteiger partial charge on any atom is -0.490 e. The van der Waals surface area contributed by atoms with Crippen molar-refractivity contribution in [3.63, 3.8) is 0 Å². The first-order valence-corrected chi connectivity index (χ1v) is 9.00. The van der Waals surface area contributed by atoms with Gasteiger partial charge in [-0.15, -0.1) is 11.8 Å². The summed E-state index contributed by atoms with van der Waals surface area (Å²) < 4.78 is 11.2.